The summed E-state index contributed by atoms with van der Waals surface area (Å²) in [6.45, 7) is 5.60. The Bertz CT molecular complexity index is 238. The molecule has 3 nitrogen and oxygen atoms in total. The highest BCUT2D eigenvalue weighted by Crippen LogP contribution is 2.52. The quantitative estimate of drug-likeness (QED) is 0.804. The first-order valence-electron chi connectivity index (χ1n) is 7.18. The molecule has 0 heterocycles. The van der Waals surface area contributed by atoms with Crippen molar-refractivity contribution < 1.29 is 9.47 Å². The van der Waals surface area contributed by atoms with Gasteiger partial charge in [-0.3, -0.25) is 0 Å². The maximum atomic E-state index is 6.24. The topological polar surface area (TPSA) is 44.5 Å². The third-order valence-corrected chi connectivity index (χ3v) is 4.59. The largest absolute Gasteiger partial charge is 0.379 e. The van der Waals surface area contributed by atoms with E-state index < -0.39 is 0 Å². The minimum Gasteiger partial charge on any atom is -0.379 e. The van der Waals surface area contributed by atoms with Gasteiger partial charge in [-0.2, -0.15) is 0 Å². The highest BCUT2D eigenvalue weighted by atomic mass is 16.5. The molecular formula is C14H27NO2. The molecule has 3 atom stereocenters. The Morgan fingerprint density at radius 1 is 1.29 bits per heavy atom. The molecule has 0 aliphatic heterocycles. The van der Waals surface area contributed by atoms with Crippen molar-refractivity contribution >= 4 is 0 Å². The van der Waals surface area contributed by atoms with Crippen LogP contribution in [0.5, 0.6) is 0 Å². The van der Waals surface area contributed by atoms with Crippen molar-refractivity contribution in [2.45, 2.75) is 70.6 Å². The molecule has 0 amide bonds. The van der Waals surface area contributed by atoms with Crippen molar-refractivity contribution in [3.63, 3.8) is 0 Å². The van der Waals surface area contributed by atoms with Crippen LogP contribution in [0.15, 0.2) is 0 Å². The first kappa shape index (κ1) is 13.3. The van der Waals surface area contributed by atoms with Crippen molar-refractivity contribution in [3.05, 3.63) is 0 Å². The average molecular weight is 241 g/mol. The average Bonchev–Trinajstić information content (AvgIpc) is 2.37. The Hall–Kier alpha value is -0.120. The van der Waals surface area contributed by atoms with Crippen LogP contribution in [-0.2, 0) is 9.47 Å². The maximum Gasteiger partial charge on any atom is 0.0784 e. The summed E-state index contributed by atoms with van der Waals surface area (Å²) in [7, 11) is 0. The first-order valence-corrected chi connectivity index (χ1v) is 7.18. The van der Waals surface area contributed by atoms with Gasteiger partial charge in [0.2, 0.25) is 0 Å². The van der Waals surface area contributed by atoms with E-state index in [1.54, 1.807) is 0 Å². The summed E-state index contributed by atoms with van der Waals surface area (Å²) >= 11 is 0. The molecule has 0 aromatic carbocycles. The van der Waals surface area contributed by atoms with Crippen LogP contribution in [0.1, 0.15) is 52.4 Å². The van der Waals surface area contributed by atoms with Crippen LogP contribution < -0.4 is 5.73 Å². The van der Waals surface area contributed by atoms with Gasteiger partial charge in [-0.15, -0.1) is 0 Å². The third-order valence-electron chi connectivity index (χ3n) is 4.59. The molecule has 2 fully saturated rings. The van der Waals surface area contributed by atoms with Crippen LogP contribution in [0.4, 0.5) is 0 Å². The predicted molar refractivity (Wildman–Crippen MR) is 68.9 cm³/mol. The molecule has 3 heteroatoms. The summed E-state index contributed by atoms with van der Waals surface area (Å²) in [6, 6.07) is 0.368. The number of hydrogen-bond acceptors (Lipinski definition) is 3. The molecule has 17 heavy (non-hydrogen) atoms. The van der Waals surface area contributed by atoms with E-state index in [2.05, 4.69) is 6.92 Å². The molecule has 0 aromatic heterocycles. The van der Waals surface area contributed by atoms with Gasteiger partial charge in [-0.1, -0.05) is 19.3 Å². The fraction of sp³-hybridized carbons (Fsp3) is 1.00. The van der Waals surface area contributed by atoms with Crippen molar-refractivity contribution in [2.75, 3.05) is 13.2 Å². The van der Waals surface area contributed by atoms with Gasteiger partial charge >= 0.3 is 0 Å². The highest BCUT2D eigenvalue weighted by molar-refractivity contribution is 5.07. The minimum absolute atomic E-state index is 0.200. The molecule has 2 N–H and O–H groups in total. The number of nitrogens with two attached hydrogens (primary N) is 1. The highest BCUT2D eigenvalue weighted by Gasteiger charge is 2.54. The van der Waals surface area contributed by atoms with Crippen LogP contribution in [0.2, 0.25) is 0 Å². The molecule has 2 aliphatic rings. The summed E-state index contributed by atoms with van der Waals surface area (Å²) in [5, 5.41) is 0. The molecule has 2 aliphatic carbocycles. The molecule has 2 rings (SSSR count). The van der Waals surface area contributed by atoms with Crippen LogP contribution in [0, 0.1) is 5.41 Å². The van der Waals surface area contributed by atoms with Crippen molar-refractivity contribution in [1.82, 2.24) is 0 Å². The smallest absolute Gasteiger partial charge is 0.0784 e. The fourth-order valence-corrected chi connectivity index (χ4v) is 3.48. The van der Waals surface area contributed by atoms with Crippen LogP contribution in [-0.4, -0.2) is 31.5 Å². The zero-order valence-corrected chi connectivity index (χ0v) is 11.3. The van der Waals surface area contributed by atoms with Gasteiger partial charge in [0.05, 0.1) is 18.8 Å². The zero-order valence-electron chi connectivity index (χ0n) is 11.3. The Labute approximate surface area is 105 Å². The molecular weight excluding hydrogens is 214 g/mol. The molecule has 0 aromatic rings. The third kappa shape index (κ3) is 2.67. The van der Waals surface area contributed by atoms with Crippen LogP contribution in [0.3, 0.4) is 0 Å². The SMILES string of the molecule is CCOCC(C)OC1CC(N)C12CCCCC2. The second-order valence-electron chi connectivity index (χ2n) is 5.73. The summed E-state index contributed by atoms with van der Waals surface area (Å²) in [6.07, 6.45) is 8.17. The summed E-state index contributed by atoms with van der Waals surface area (Å²) < 4.78 is 11.6. The van der Waals surface area contributed by atoms with E-state index in [4.69, 9.17) is 15.2 Å². The van der Waals surface area contributed by atoms with Gasteiger partial charge in [0, 0.05) is 18.1 Å². The molecule has 3 unspecified atom stereocenters. The van der Waals surface area contributed by atoms with Gasteiger partial charge in [0.15, 0.2) is 0 Å². The Kier molecular flexibility index (Phi) is 4.45. The molecule has 0 saturated heterocycles. The molecule has 100 valence electrons. The monoisotopic (exact) mass is 241 g/mol. The lowest BCUT2D eigenvalue weighted by Gasteiger charge is -2.56. The van der Waals surface area contributed by atoms with Gasteiger partial charge < -0.3 is 15.2 Å². The molecule has 0 bridgehead atoms. The lowest BCUT2D eigenvalue weighted by atomic mass is 9.55. The minimum atomic E-state index is 0.200. The Balaban J connectivity index is 1.84. The van der Waals surface area contributed by atoms with Gasteiger partial charge in [-0.25, -0.2) is 0 Å². The number of ether oxygens (including phenoxy) is 2. The molecule has 1 spiro atoms. The van der Waals surface area contributed by atoms with E-state index in [9.17, 15) is 0 Å². The number of rotatable bonds is 5. The fourth-order valence-electron chi connectivity index (χ4n) is 3.48. The van der Waals surface area contributed by atoms with E-state index >= 15 is 0 Å². The summed E-state index contributed by atoms with van der Waals surface area (Å²) in [4.78, 5) is 0. The molecule has 2 saturated carbocycles. The van der Waals surface area contributed by atoms with Crippen LogP contribution in [0.25, 0.3) is 0 Å². The normalized spacial score (nSPS) is 33.4. The van der Waals surface area contributed by atoms with E-state index in [1.165, 1.54) is 32.1 Å². The Morgan fingerprint density at radius 2 is 2.00 bits per heavy atom. The first-order chi connectivity index (χ1) is 8.19. The maximum absolute atomic E-state index is 6.24. The van der Waals surface area contributed by atoms with E-state index in [0.29, 0.717) is 24.2 Å². The standard InChI is InChI=1S/C14H27NO2/c1-3-16-10-11(2)17-13-9-12(15)14(13)7-5-4-6-8-14/h11-13H,3-10,15H2,1-2H3. The van der Waals surface area contributed by atoms with E-state index in [-0.39, 0.29) is 6.10 Å². The lowest BCUT2D eigenvalue weighted by Crippen LogP contribution is -2.63. The second kappa shape index (κ2) is 5.68. The number of hydrogen-bond donors (Lipinski definition) is 1. The van der Waals surface area contributed by atoms with Gasteiger partial charge in [0.25, 0.3) is 0 Å². The van der Waals surface area contributed by atoms with E-state index in [0.717, 1.165) is 13.0 Å². The van der Waals surface area contributed by atoms with Gasteiger partial charge in [-0.05, 0) is 33.1 Å². The molecule has 0 radical (unpaired) electrons. The van der Waals surface area contributed by atoms with Gasteiger partial charge in [0.1, 0.15) is 0 Å². The second-order valence-corrected chi connectivity index (χ2v) is 5.73. The summed E-state index contributed by atoms with van der Waals surface area (Å²) in [5.41, 5.74) is 6.55. The van der Waals surface area contributed by atoms with Crippen molar-refractivity contribution in [3.8, 4) is 0 Å². The van der Waals surface area contributed by atoms with Crippen LogP contribution >= 0.6 is 0 Å². The van der Waals surface area contributed by atoms with Crippen molar-refractivity contribution in [1.29, 1.82) is 0 Å². The van der Waals surface area contributed by atoms with E-state index in [1.807, 2.05) is 6.92 Å². The predicted octanol–water partition coefficient (Wildman–Crippen LogP) is 2.48. The summed E-state index contributed by atoms with van der Waals surface area (Å²) in [5.74, 6) is 0. The van der Waals surface area contributed by atoms with Crippen molar-refractivity contribution in [2.24, 2.45) is 11.1 Å². The zero-order chi connectivity index (χ0) is 12.3. The lowest BCUT2D eigenvalue weighted by molar-refractivity contribution is -0.174. The Morgan fingerprint density at radius 3 is 2.59 bits per heavy atom.